The highest BCUT2D eigenvalue weighted by molar-refractivity contribution is 5.89. The summed E-state index contributed by atoms with van der Waals surface area (Å²) in [6.07, 6.45) is -5.34. The fourth-order valence-electron chi connectivity index (χ4n) is 1.64. The number of amides is 1. The van der Waals surface area contributed by atoms with Crippen molar-refractivity contribution in [3.63, 3.8) is 0 Å². The van der Waals surface area contributed by atoms with Crippen LogP contribution in [-0.4, -0.2) is 23.7 Å². The summed E-state index contributed by atoms with van der Waals surface area (Å²) >= 11 is 0. The van der Waals surface area contributed by atoms with Crippen molar-refractivity contribution in [2.24, 2.45) is 0 Å². The predicted molar refractivity (Wildman–Crippen MR) is 56.9 cm³/mol. The number of hydrogen-bond acceptors (Lipinski definition) is 4. The number of cyclic esters (lactones) is 1. The number of halogens is 3. The molecule has 2 N–H and O–H groups in total. The van der Waals surface area contributed by atoms with Crippen LogP contribution in [0.25, 0.3) is 0 Å². The van der Waals surface area contributed by atoms with Crippen molar-refractivity contribution in [2.45, 2.75) is 19.1 Å². The zero-order chi connectivity index (χ0) is 13.5. The molecule has 1 aromatic heterocycles. The van der Waals surface area contributed by atoms with E-state index >= 15 is 0 Å². The standard InChI is InChI=1S/C10H10F3N3O2/c1-5-4-18-9(17)16(5)8-3-6(14)2-7(15-8)10(11,12)13/h2-3,5H,4H2,1H3,(H2,14,15)/t5-/m0/s1. The number of carbonyl (C=O) groups excluding carboxylic acids is 1. The van der Waals surface area contributed by atoms with Gasteiger partial charge in [0, 0.05) is 11.8 Å². The molecule has 2 rings (SSSR count). The van der Waals surface area contributed by atoms with E-state index in [4.69, 9.17) is 10.5 Å². The van der Waals surface area contributed by atoms with Crippen LogP contribution >= 0.6 is 0 Å². The van der Waals surface area contributed by atoms with E-state index in [1.807, 2.05) is 0 Å². The Bertz CT molecular complexity index is 490. The second-order valence-corrected chi connectivity index (χ2v) is 3.94. The van der Waals surface area contributed by atoms with E-state index in [2.05, 4.69) is 4.98 Å². The van der Waals surface area contributed by atoms with Crippen molar-refractivity contribution in [3.8, 4) is 0 Å². The second kappa shape index (κ2) is 4.04. The highest BCUT2D eigenvalue weighted by atomic mass is 19.4. The Kier molecular flexibility index (Phi) is 2.80. The van der Waals surface area contributed by atoms with Crippen LogP contribution in [0.2, 0.25) is 0 Å². The zero-order valence-electron chi connectivity index (χ0n) is 9.36. The third-order valence-electron chi connectivity index (χ3n) is 2.46. The summed E-state index contributed by atoms with van der Waals surface area (Å²) in [6, 6.07) is 1.54. The van der Waals surface area contributed by atoms with E-state index in [9.17, 15) is 18.0 Å². The van der Waals surface area contributed by atoms with Gasteiger partial charge in [-0.3, -0.25) is 4.90 Å². The first-order valence-corrected chi connectivity index (χ1v) is 5.10. The van der Waals surface area contributed by atoms with Gasteiger partial charge in [0.15, 0.2) is 0 Å². The van der Waals surface area contributed by atoms with Gasteiger partial charge in [-0.2, -0.15) is 13.2 Å². The van der Waals surface area contributed by atoms with Crippen molar-refractivity contribution >= 4 is 17.6 Å². The van der Waals surface area contributed by atoms with Gasteiger partial charge in [0.1, 0.15) is 18.1 Å². The molecular formula is C10H10F3N3O2. The molecule has 2 heterocycles. The maximum Gasteiger partial charge on any atom is 0.433 e. The summed E-state index contributed by atoms with van der Waals surface area (Å²) < 4.78 is 42.5. The lowest BCUT2D eigenvalue weighted by atomic mass is 10.2. The molecule has 0 bridgehead atoms. The molecule has 0 aliphatic carbocycles. The number of anilines is 2. The molecule has 0 unspecified atom stereocenters. The fraction of sp³-hybridized carbons (Fsp3) is 0.400. The summed E-state index contributed by atoms with van der Waals surface area (Å²) in [5.74, 6) is -0.155. The van der Waals surface area contributed by atoms with E-state index in [0.29, 0.717) is 0 Å². The molecule has 1 aromatic rings. The lowest BCUT2D eigenvalue weighted by Crippen LogP contribution is -2.32. The zero-order valence-corrected chi connectivity index (χ0v) is 9.36. The number of aromatic nitrogens is 1. The van der Waals surface area contributed by atoms with Crippen molar-refractivity contribution in [1.29, 1.82) is 0 Å². The minimum atomic E-state index is -4.61. The minimum Gasteiger partial charge on any atom is -0.447 e. The van der Waals surface area contributed by atoms with Crippen LogP contribution < -0.4 is 10.6 Å². The Morgan fingerprint density at radius 2 is 2.17 bits per heavy atom. The number of alkyl halides is 3. The van der Waals surface area contributed by atoms with E-state index in [-0.39, 0.29) is 24.2 Å². The Morgan fingerprint density at radius 1 is 1.50 bits per heavy atom. The predicted octanol–water partition coefficient (Wildman–Crippen LogP) is 2.03. The van der Waals surface area contributed by atoms with Gasteiger partial charge in [-0.1, -0.05) is 0 Å². The molecule has 1 aliphatic rings. The third kappa shape index (κ3) is 2.18. The van der Waals surface area contributed by atoms with Crippen molar-refractivity contribution < 1.29 is 22.7 Å². The summed E-state index contributed by atoms with van der Waals surface area (Å²) in [5.41, 5.74) is 4.15. The van der Waals surface area contributed by atoms with E-state index in [1.165, 1.54) is 6.07 Å². The topological polar surface area (TPSA) is 68.5 Å². The SMILES string of the molecule is C[C@H]1COC(=O)N1c1cc(N)cc(C(F)(F)F)n1. The largest absolute Gasteiger partial charge is 0.447 e. The van der Waals surface area contributed by atoms with E-state index in [0.717, 1.165) is 11.0 Å². The number of nitrogens with zero attached hydrogens (tertiary/aromatic N) is 2. The Morgan fingerprint density at radius 3 is 2.67 bits per heavy atom. The normalized spacial score (nSPS) is 20.1. The van der Waals surface area contributed by atoms with Crippen LogP contribution in [0.15, 0.2) is 12.1 Å². The highest BCUT2D eigenvalue weighted by Gasteiger charge is 2.36. The molecule has 1 aliphatic heterocycles. The molecule has 0 spiro atoms. The Labute approximate surface area is 100 Å². The molecule has 98 valence electrons. The fourth-order valence-corrected chi connectivity index (χ4v) is 1.64. The first-order chi connectivity index (χ1) is 8.29. The van der Waals surface area contributed by atoms with Gasteiger partial charge in [-0.25, -0.2) is 9.78 Å². The average Bonchev–Trinajstić information content (AvgIpc) is 2.56. The van der Waals surface area contributed by atoms with Crippen LogP contribution in [0.4, 0.5) is 29.5 Å². The lowest BCUT2D eigenvalue weighted by Gasteiger charge is -2.18. The number of carbonyl (C=O) groups is 1. The average molecular weight is 261 g/mol. The molecule has 0 aromatic carbocycles. The first kappa shape index (κ1) is 12.5. The Hall–Kier alpha value is -1.99. The van der Waals surface area contributed by atoms with Crippen molar-refractivity contribution in [3.05, 3.63) is 17.8 Å². The summed E-state index contributed by atoms with van der Waals surface area (Å²) in [5, 5.41) is 0. The molecule has 1 saturated heterocycles. The summed E-state index contributed by atoms with van der Waals surface area (Å²) in [7, 11) is 0. The molecule has 0 radical (unpaired) electrons. The third-order valence-corrected chi connectivity index (χ3v) is 2.46. The molecular weight excluding hydrogens is 251 g/mol. The quantitative estimate of drug-likeness (QED) is 0.839. The molecule has 1 atom stereocenters. The van der Waals surface area contributed by atoms with Gasteiger partial charge in [-0.05, 0) is 13.0 Å². The van der Waals surface area contributed by atoms with Crippen LogP contribution in [0.5, 0.6) is 0 Å². The van der Waals surface area contributed by atoms with Gasteiger partial charge in [-0.15, -0.1) is 0 Å². The van der Waals surface area contributed by atoms with Crippen LogP contribution in [0.3, 0.4) is 0 Å². The molecule has 1 fully saturated rings. The van der Waals surface area contributed by atoms with Crippen LogP contribution in [0, 0.1) is 0 Å². The van der Waals surface area contributed by atoms with Gasteiger partial charge in [0.2, 0.25) is 0 Å². The van der Waals surface area contributed by atoms with Gasteiger partial charge < -0.3 is 10.5 Å². The van der Waals surface area contributed by atoms with Gasteiger partial charge in [0.25, 0.3) is 0 Å². The molecule has 5 nitrogen and oxygen atoms in total. The minimum absolute atomic E-state index is 0.108. The second-order valence-electron chi connectivity index (χ2n) is 3.94. The number of hydrogen-bond donors (Lipinski definition) is 1. The number of rotatable bonds is 1. The van der Waals surface area contributed by atoms with E-state index < -0.39 is 18.0 Å². The Balaban J connectivity index is 2.45. The smallest absolute Gasteiger partial charge is 0.433 e. The van der Waals surface area contributed by atoms with Gasteiger partial charge in [0.05, 0.1) is 6.04 Å². The van der Waals surface area contributed by atoms with E-state index in [1.54, 1.807) is 6.92 Å². The number of ether oxygens (including phenoxy) is 1. The van der Waals surface area contributed by atoms with Gasteiger partial charge >= 0.3 is 12.3 Å². The van der Waals surface area contributed by atoms with Crippen LogP contribution in [0.1, 0.15) is 12.6 Å². The van der Waals surface area contributed by atoms with Crippen molar-refractivity contribution in [2.75, 3.05) is 17.2 Å². The number of pyridine rings is 1. The maximum atomic E-state index is 12.6. The highest BCUT2D eigenvalue weighted by Crippen LogP contribution is 2.32. The number of nitrogen functional groups attached to an aromatic ring is 1. The lowest BCUT2D eigenvalue weighted by molar-refractivity contribution is -0.141. The molecule has 1 amide bonds. The molecule has 8 heteroatoms. The molecule has 18 heavy (non-hydrogen) atoms. The molecule has 0 saturated carbocycles. The maximum absolute atomic E-state index is 12.6. The monoisotopic (exact) mass is 261 g/mol. The van der Waals surface area contributed by atoms with Crippen LogP contribution in [-0.2, 0) is 10.9 Å². The van der Waals surface area contributed by atoms with Crippen molar-refractivity contribution in [1.82, 2.24) is 4.98 Å². The summed E-state index contributed by atoms with van der Waals surface area (Å²) in [6.45, 7) is 1.75. The first-order valence-electron chi connectivity index (χ1n) is 5.10. The summed E-state index contributed by atoms with van der Waals surface area (Å²) in [4.78, 5) is 15.9. The number of nitrogens with two attached hydrogens (primary N) is 1.